The molecule has 0 heterocycles. The van der Waals surface area contributed by atoms with Crippen molar-refractivity contribution in [3.63, 3.8) is 0 Å². The van der Waals surface area contributed by atoms with E-state index in [1.165, 1.54) is 0 Å². The van der Waals surface area contributed by atoms with Gasteiger partial charge in [0.2, 0.25) is 10.0 Å². The monoisotopic (exact) mass is 234 g/mol. The van der Waals surface area contributed by atoms with E-state index in [9.17, 15) is 22.9 Å². The van der Waals surface area contributed by atoms with Gasteiger partial charge < -0.3 is 0 Å². The van der Waals surface area contributed by atoms with Gasteiger partial charge in [0.15, 0.2) is 0 Å². The van der Waals surface area contributed by atoms with Gasteiger partial charge in [0.1, 0.15) is 5.82 Å². The number of benzene rings is 1. The Hall–Kier alpha value is -1.54. The lowest BCUT2D eigenvalue weighted by molar-refractivity contribution is -0.385. The van der Waals surface area contributed by atoms with Crippen molar-refractivity contribution in [3.05, 3.63) is 39.7 Å². The van der Waals surface area contributed by atoms with Crippen LogP contribution in [0.4, 0.5) is 10.1 Å². The van der Waals surface area contributed by atoms with E-state index in [0.717, 1.165) is 18.2 Å². The first kappa shape index (κ1) is 11.5. The average molecular weight is 234 g/mol. The first-order valence-corrected chi connectivity index (χ1v) is 5.45. The zero-order valence-corrected chi connectivity index (χ0v) is 8.20. The molecule has 0 radical (unpaired) electrons. The lowest BCUT2D eigenvalue weighted by atomic mass is 10.2. The van der Waals surface area contributed by atoms with Crippen molar-refractivity contribution in [2.24, 2.45) is 5.14 Å². The highest BCUT2D eigenvalue weighted by Crippen LogP contribution is 2.22. The number of nitro benzene ring substituents is 1. The van der Waals surface area contributed by atoms with Crippen LogP contribution in [0.25, 0.3) is 0 Å². The lowest BCUT2D eigenvalue weighted by Crippen LogP contribution is -2.16. The molecule has 0 unspecified atom stereocenters. The van der Waals surface area contributed by atoms with Crippen LogP contribution in [0.3, 0.4) is 0 Å². The van der Waals surface area contributed by atoms with Crippen molar-refractivity contribution in [2.45, 2.75) is 5.75 Å². The standard InChI is InChI=1S/C7H7FN2O4S/c8-6-2-1-3-7(10(11)12)5(6)4-15(9,13)14/h1-3H,4H2,(H2,9,13,14). The first-order valence-electron chi connectivity index (χ1n) is 3.73. The third-order valence-electron chi connectivity index (χ3n) is 1.64. The van der Waals surface area contributed by atoms with E-state index in [4.69, 9.17) is 0 Å². The smallest absolute Gasteiger partial charge is 0.258 e. The summed E-state index contributed by atoms with van der Waals surface area (Å²) in [6, 6.07) is 3.08. The summed E-state index contributed by atoms with van der Waals surface area (Å²) in [5.41, 5.74) is -1.12. The van der Waals surface area contributed by atoms with Crippen LogP contribution in [0.2, 0.25) is 0 Å². The number of primary sulfonamides is 1. The summed E-state index contributed by atoms with van der Waals surface area (Å²) in [7, 11) is -4.00. The third-order valence-corrected chi connectivity index (χ3v) is 2.33. The molecule has 0 aliphatic rings. The molecule has 0 aliphatic heterocycles. The number of hydrogen-bond acceptors (Lipinski definition) is 4. The molecule has 8 heteroatoms. The number of hydrogen-bond donors (Lipinski definition) is 1. The number of sulfonamides is 1. The molecule has 1 aromatic rings. The van der Waals surface area contributed by atoms with Crippen LogP contribution in [-0.4, -0.2) is 13.3 Å². The molecule has 0 saturated heterocycles. The molecule has 2 N–H and O–H groups in total. The molecular formula is C7H7FN2O4S. The Labute approximate surface area is 84.7 Å². The zero-order chi connectivity index (χ0) is 11.6. The van der Waals surface area contributed by atoms with Crippen LogP contribution in [0.5, 0.6) is 0 Å². The van der Waals surface area contributed by atoms with Gasteiger partial charge in [0.05, 0.1) is 16.2 Å². The van der Waals surface area contributed by atoms with Gasteiger partial charge in [-0.2, -0.15) is 0 Å². The summed E-state index contributed by atoms with van der Waals surface area (Å²) in [5, 5.41) is 15.2. The van der Waals surface area contributed by atoms with Gasteiger partial charge in [-0.3, -0.25) is 10.1 Å². The van der Waals surface area contributed by atoms with Crippen molar-refractivity contribution in [2.75, 3.05) is 0 Å². The molecule has 0 fully saturated rings. The van der Waals surface area contributed by atoms with Gasteiger partial charge in [-0.15, -0.1) is 0 Å². The SMILES string of the molecule is NS(=O)(=O)Cc1c(F)cccc1[N+](=O)[O-]. The Morgan fingerprint density at radius 3 is 2.53 bits per heavy atom. The maximum atomic E-state index is 13.1. The van der Waals surface area contributed by atoms with Crippen molar-refractivity contribution in [1.82, 2.24) is 0 Å². The summed E-state index contributed by atoms with van der Waals surface area (Å²) in [4.78, 5) is 9.61. The fraction of sp³-hybridized carbons (Fsp3) is 0.143. The molecular weight excluding hydrogens is 227 g/mol. The maximum Gasteiger partial charge on any atom is 0.276 e. The summed E-state index contributed by atoms with van der Waals surface area (Å²) in [6.07, 6.45) is 0. The van der Waals surface area contributed by atoms with E-state index in [1.807, 2.05) is 0 Å². The normalized spacial score (nSPS) is 11.3. The largest absolute Gasteiger partial charge is 0.276 e. The predicted octanol–water partition coefficient (Wildman–Crippen LogP) is 0.522. The molecule has 0 atom stereocenters. The molecule has 15 heavy (non-hydrogen) atoms. The molecule has 1 rings (SSSR count). The van der Waals surface area contributed by atoms with E-state index in [1.54, 1.807) is 0 Å². The molecule has 6 nitrogen and oxygen atoms in total. The van der Waals surface area contributed by atoms with Crippen LogP contribution in [0, 0.1) is 15.9 Å². The lowest BCUT2D eigenvalue weighted by Gasteiger charge is -2.02. The highest BCUT2D eigenvalue weighted by molar-refractivity contribution is 7.88. The highest BCUT2D eigenvalue weighted by atomic mass is 32.2. The van der Waals surface area contributed by atoms with Crippen molar-refractivity contribution in [1.29, 1.82) is 0 Å². The molecule has 0 spiro atoms. The van der Waals surface area contributed by atoms with E-state index in [2.05, 4.69) is 5.14 Å². The number of nitrogens with two attached hydrogens (primary N) is 1. The van der Waals surface area contributed by atoms with Gasteiger partial charge >= 0.3 is 0 Å². The van der Waals surface area contributed by atoms with E-state index >= 15 is 0 Å². The quantitative estimate of drug-likeness (QED) is 0.608. The molecule has 82 valence electrons. The first-order chi connectivity index (χ1) is 6.81. The second-order valence-electron chi connectivity index (χ2n) is 2.80. The Bertz CT molecular complexity index is 500. The van der Waals surface area contributed by atoms with Crippen LogP contribution < -0.4 is 5.14 Å². The molecule has 0 saturated carbocycles. The number of halogens is 1. The summed E-state index contributed by atoms with van der Waals surface area (Å²) in [6.45, 7) is 0. The van der Waals surface area contributed by atoms with E-state index < -0.39 is 37.8 Å². The average Bonchev–Trinajstić information content (AvgIpc) is 2.05. The summed E-state index contributed by atoms with van der Waals surface area (Å²) in [5.74, 6) is -1.85. The van der Waals surface area contributed by atoms with Crippen LogP contribution in [-0.2, 0) is 15.8 Å². The molecule has 0 aliphatic carbocycles. The minimum absolute atomic E-state index is 0.523. The molecule has 1 aromatic carbocycles. The number of nitro groups is 1. The Morgan fingerprint density at radius 1 is 1.47 bits per heavy atom. The van der Waals surface area contributed by atoms with Gasteiger partial charge in [-0.25, -0.2) is 17.9 Å². The fourth-order valence-electron chi connectivity index (χ4n) is 1.06. The van der Waals surface area contributed by atoms with Crippen LogP contribution in [0.1, 0.15) is 5.56 Å². The van der Waals surface area contributed by atoms with E-state index in [-0.39, 0.29) is 0 Å². The van der Waals surface area contributed by atoms with E-state index in [0.29, 0.717) is 0 Å². The Balaban J connectivity index is 3.32. The van der Waals surface area contributed by atoms with Crippen molar-refractivity contribution < 1.29 is 17.7 Å². The van der Waals surface area contributed by atoms with Gasteiger partial charge in [-0.05, 0) is 6.07 Å². The topological polar surface area (TPSA) is 103 Å². The second-order valence-corrected chi connectivity index (χ2v) is 4.42. The van der Waals surface area contributed by atoms with Crippen LogP contribution >= 0.6 is 0 Å². The van der Waals surface area contributed by atoms with Crippen molar-refractivity contribution >= 4 is 15.7 Å². The number of rotatable bonds is 3. The summed E-state index contributed by atoms with van der Waals surface area (Å²) >= 11 is 0. The fourth-order valence-corrected chi connectivity index (χ4v) is 1.75. The predicted molar refractivity (Wildman–Crippen MR) is 49.9 cm³/mol. The highest BCUT2D eigenvalue weighted by Gasteiger charge is 2.21. The van der Waals surface area contributed by atoms with Gasteiger partial charge in [0.25, 0.3) is 5.69 Å². The van der Waals surface area contributed by atoms with Crippen LogP contribution in [0.15, 0.2) is 18.2 Å². The molecule has 0 aromatic heterocycles. The summed E-state index contributed by atoms with van der Waals surface area (Å²) < 4.78 is 34.5. The molecule has 0 bridgehead atoms. The third kappa shape index (κ3) is 2.96. The van der Waals surface area contributed by atoms with Gasteiger partial charge in [0, 0.05) is 6.07 Å². The maximum absolute atomic E-state index is 13.1. The van der Waals surface area contributed by atoms with Crippen molar-refractivity contribution in [3.8, 4) is 0 Å². The second kappa shape index (κ2) is 3.91. The minimum atomic E-state index is -4.00. The number of nitrogens with zero attached hydrogens (tertiary/aromatic N) is 1. The minimum Gasteiger partial charge on any atom is -0.258 e. The van der Waals surface area contributed by atoms with Gasteiger partial charge in [-0.1, -0.05) is 6.07 Å². The Morgan fingerprint density at radius 2 is 2.07 bits per heavy atom. The zero-order valence-electron chi connectivity index (χ0n) is 7.38. The molecule has 0 amide bonds. The Kier molecular flexibility index (Phi) is 3.01.